The topological polar surface area (TPSA) is 107 Å². The Labute approximate surface area is 120 Å². The van der Waals surface area contributed by atoms with E-state index in [1.165, 1.54) is 24.3 Å². The molecule has 2 aromatic rings. The van der Waals surface area contributed by atoms with Crippen LogP contribution in [0.5, 0.6) is 23.0 Å². The molecule has 2 rings (SSSR count). The molecule has 0 heterocycles. The smallest absolute Gasteiger partial charge is 0.343 e. The van der Waals surface area contributed by atoms with Crippen LogP contribution in [0.3, 0.4) is 0 Å². The lowest BCUT2D eigenvalue weighted by Crippen LogP contribution is -2.01. The highest BCUT2D eigenvalue weighted by atomic mass is 16.5. The van der Waals surface area contributed by atoms with Gasteiger partial charge in [0.25, 0.3) is 0 Å². The second-order valence-electron chi connectivity index (χ2n) is 4.49. The van der Waals surface area contributed by atoms with Gasteiger partial charge in [-0.2, -0.15) is 0 Å². The van der Waals surface area contributed by atoms with Gasteiger partial charge in [0.2, 0.25) is 0 Å². The van der Waals surface area contributed by atoms with E-state index in [2.05, 4.69) is 0 Å². The molecule has 0 bridgehead atoms. The van der Waals surface area contributed by atoms with Crippen LogP contribution in [-0.4, -0.2) is 26.4 Å². The molecule has 110 valence electrons. The Morgan fingerprint density at radius 2 is 1.90 bits per heavy atom. The highest BCUT2D eigenvalue weighted by molar-refractivity contribution is 5.94. The Bertz CT molecular complexity index is 693. The van der Waals surface area contributed by atoms with Crippen molar-refractivity contribution in [3.05, 3.63) is 47.0 Å². The van der Waals surface area contributed by atoms with Gasteiger partial charge in [0.05, 0.1) is 6.61 Å². The number of carboxylic acids is 1. The van der Waals surface area contributed by atoms with Gasteiger partial charge in [-0.05, 0) is 36.8 Å². The standard InChI is InChI=1S/C15H14O6/c1-8-5-9(7-16)14(18)12(6-8)21-11-4-2-3-10(17)13(11)15(19)20/h2-6,16-18H,7H2,1H3,(H,19,20). The Hall–Kier alpha value is -2.73. The summed E-state index contributed by atoms with van der Waals surface area (Å²) < 4.78 is 5.40. The molecule has 0 amide bonds. The van der Waals surface area contributed by atoms with Crippen LogP contribution in [-0.2, 0) is 6.61 Å². The number of aliphatic hydroxyl groups excluding tert-OH is 1. The molecule has 6 nitrogen and oxygen atoms in total. The number of carbonyl (C=O) groups is 1. The van der Waals surface area contributed by atoms with Gasteiger partial charge in [0, 0.05) is 5.56 Å². The Balaban J connectivity index is 2.51. The van der Waals surface area contributed by atoms with Gasteiger partial charge in [-0.15, -0.1) is 0 Å². The van der Waals surface area contributed by atoms with Crippen LogP contribution in [0.15, 0.2) is 30.3 Å². The van der Waals surface area contributed by atoms with Crippen molar-refractivity contribution < 1.29 is 30.0 Å². The number of aliphatic hydroxyl groups is 1. The minimum absolute atomic E-state index is 0.00662. The SMILES string of the molecule is Cc1cc(CO)c(O)c(Oc2cccc(O)c2C(=O)O)c1. The highest BCUT2D eigenvalue weighted by Gasteiger charge is 2.19. The second-order valence-corrected chi connectivity index (χ2v) is 4.49. The summed E-state index contributed by atoms with van der Waals surface area (Å²) in [5.74, 6) is -2.16. The number of hydrogen-bond donors (Lipinski definition) is 4. The van der Waals surface area contributed by atoms with E-state index in [1.54, 1.807) is 13.0 Å². The summed E-state index contributed by atoms with van der Waals surface area (Å²) in [6, 6.07) is 7.11. The minimum Gasteiger partial charge on any atom is -0.507 e. The van der Waals surface area contributed by atoms with Crippen molar-refractivity contribution in [2.75, 3.05) is 0 Å². The van der Waals surface area contributed by atoms with E-state index in [0.717, 1.165) is 5.56 Å². The number of aryl methyl sites for hydroxylation is 1. The number of aromatic hydroxyl groups is 2. The van der Waals surface area contributed by atoms with Crippen molar-refractivity contribution in [1.29, 1.82) is 0 Å². The van der Waals surface area contributed by atoms with Crippen LogP contribution >= 0.6 is 0 Å². The lowest BCUT2D eigenvalue weighted by Gasteiger charge is -2.13. The van der Waals surface area contributed by atoms with E-state index in [9.17, 15) is 20.1 Å². The first kappa shape index (κ1) is 14.7. The second kappa shape index (κ2) is 5.72. The maximum atomic E-state index is 11.2. The molecule has 2 aromatic carbocycles. The summed E-state index contributed by atoms with van der Waals surface area (Å²) in [6.45, 7) is 1.36. The van der Waals surface area contributed by atoms with Crippen LogP contribution < -0.4 is 4.74 Å². The number of rotatable bonds is 4. The van der Waals surface area contributed by atoms with E-state index in [4.69, 9.17) is 9.84 Å². The Morgan fingerprint density at radius 3 is 2.52 bits per heavy atom. The number of hydrogen-bond acceptors (Lipinski definition) is 5. The minimum atomic E-state index is -1.35. The zero-order chi connectivity index (χ0) is 15.6. The van der Waals surface area contributed by atoms with Gasteiger partial charge in [0.15, 0.2) is 11.5 Å². The molecule has 0 unspecified atom stereocenters. The summed E-state index contributed by atoms with van der Waals surface area (Å²) in [4.78, 5) is 11.2. The van der Waals surface area contributed by atoms with Crippen molar-refractivity contribution in [2.45, 2.75) is 13.5 Å². The summed E-state index contributed by atoms with van der Waals surface area (Å²) in [6.07, 6.45) is 0. The van der Waals surface area contributed by atoms with E-state index >= 15 is 0 Å². The van der Waals surface area contributed by atoms with Crippen LogP contribution in [0.1, 0.15) is 21.5 Å². The molecular weight excluding hydrogens is 276 g/mol. The third kappa shape index (κ3) is 2.90. The number of carboxylic acid groups (broad SMARTS) is 1. The van der Waals surface area contributed by atoms with Crippen LogP contribution in [0.4, 0.5) is 0 Å². The third-order valence-corrected chi connectivity index (χ3v) is 2.91. The fourth-order valence-electron chi connectivity index (χ4n) is 1.95. The Kier molecular flexibility index (Phi) is 4.00. The van der Waals surface area contributed by atoms with E-state index in [1.807, 2.05) is 0 Å². The fourth-order valence-corrected chi connectivity index (χ4v) is 1.95. The maximum absolute atomic E-state index is 11.2. The Morgan fingerprint density at radius 1 is 1.19 bits per heavy atom. The van der Waals surface area contributed by atoms with E-state index < -0.39 is 17.3 Å². The van der Waals surface area contributed by atoms with Crippen LogP contribution in [0, 0.1) is 6.92 Å². The van der Waals surface area contributed by atoms with Crippen molar-refractivity contribution in [3.8, 4) is 23.0 Å². The van der Waals surface area contributed by atoms with E-state index in [0.29, 0.717) is 0 Å². The number of ether oxygens (including phenoxy) is 1. The third-order valence-electron chi connectivity index (χ3n) is 2.91. The first-order valence-corrected chi connectivity index (χ1v) is 6.10. The molecule has 6 heteroatoms. The first-order valence-electron chi connectivity index (χ1n) is 6.10. The van der Waals surface area contributed by atoms with Crippen LogP contribution in [0.2, 0.25) is 0 Å². The predicted octanol–water partition coefficient (Wildman–Crippen LogP) is 2.39. The van der Waals surface area contributed by atoms with Gasteiger partial charge in [-0.25, -0.2) is 4.79 Å². The molecule has 0 fully saturated rings. The van der Waals surface area contributed by atoms with Gasteiger partial charge in [-0.3, -0.25) is 0 Å². The highest BCUT2D eigenvalue weighted by Crippen LogP contribution is 2.38. The van der Waals surface area contributed by atoms with Gasteiger partial charge in [-0.1, -0.05) is 6.07 Å². The number of phenols is 2. The summed E-state index contributed by atoms with van der Waals surface area (Å²) in [5, 5.41) is 37.9. The molecule has 0 atom stereocenters. The lowest BCUT2D eigenvalue weighted by atomic mass is 10.1. The molecule has 0 spiro atoms. The van der Waals surface area contributed by atoms with Crippen molar-refractivity contribution in [3.63, 3.8) is 0 Å². The quantitative estimate of drug-likeness (QED) is 0.688. The van der Waals surface area contributed by atoms with Crippen molar-refractivity contribution in [1.82, 2.24) is 0 Å². The predicted molar refractivity (Wildman–Crippen MR) is 73.9 cm³/mol. The van der Waals surface area contributed by atoms with Gasteiger partial charge < -0.3 is 25.2 Å². The first-order chi connectivity index (χ1) is 9.93. The van der Waals surface area contributed by atoms with Gasteiger partial charge in [0.1, 0.15) is 17.1 Å². The van der Waals surface area contributed by atoms with Gasteiger partial charge >= 0.3 is 5.97 Å². The molecule has 0 saturated carbocycles. The maximum Gasteiger partial charge on any atom is 0.343 e. The fraction of sp³-hybridized carbons (Fsp3) is 0.133. The average Bonchev–Trinajstić information content (AvgIpc) is 2.42. The summed E-state index contributed by atoms with van der Waals surface area (Å²) in [5.41, 5.74) is 0.592. The van der Waals surface area contributed by atoms with Crippen molar-refractivity contribution >= 4 is 5.97 Å². The zero-order valence-electron chi connectivity index (χ0n) is 11.2. The summed E-state index contributed by atoms with van der Waals surface area (Å²) >= 11 is 0. The number of aromatic carboxylic acids is 1. The lowest BCUT2D eigenvalue weighted by molar-refractivity contribution is 0.0690. The molecule has 0 aliphatic carbocycles. The monoisotopic (exact) mass is 290 g/mol. The normalized spacial score (nSPS) is 10.4. The molecule has 0 aliphatic rings. The number of benzene rings is 2. The van der Waals surface area contributed by atoms with E-state index in [-0.39, 0.29) is 29.4 Å². The molecule has 0 saturated heterocycles. The summed E-state index contributed by atoms with van der Waals surface area (Å²) in [7, 11) is 0. The van der Waals surface area contributed by atoms with Crippen LogP contribution in [0.25, 0.3) is 0 Å². The molecule has 0 aliphatic heterocycles. The molecule has 0 radical (unpaired) electrons. The molecule has 4 N–H and O–H groups in total. The largest absolute Gasteiger partial charge is 0.507 e. The molecular formula is C15H14O6. The molecule has 21 heavy (non-hydrogen) atoms. The van der Waals surface area contributed by atoms with Crippen molar-refractivity contribution in [2.24, 2.45) is 0 Å². The zero-order valence-corrected chi connectivity index (χ0v) is 11.2. The molecule has 0 aromatic heterocycles. The average molecular weight is 290 g/mol.